The van der Waals surface area contributed by atoms with E-state index in [1.165, 1.54) is 6.07 Å². The molecule has 2 amide bonds. The summed E-state index contributed by atoms with van der Waals surface area (Å²) in [5, 5.41) is 5.85. The van der Waals surface area contributed by atoms with Gasteiger partial charge in [0.25, 0.3) is 0 Å². The van der Waals surface area contributed by atoms with Crippen LogP contribution in [0, 0.1) is 11.7 Å². The molecule has 0 radical (unpaired) electrons. The first-order valence-electron chi connectivity index (χ1n) is 11.0. The van der Waals surface area contributed by atoms with Gasteiger partial charge in [0.15, 0.2) is 11.5 Å². The van der Waals surface area contributed by atoms with Crippen molar-refractivity contribution in [2.75, 3.05) is 33.0 Å². The van der Waals surface area contributed by atoms with Gasteiger partial charge in [-0.15, -0.1) is 0 Å². The Morgan fingerprint density at radius 1 is 1.03 bits per heavy atom. The second-order valence-corrected chi connectivity index (χ2v) is 8.15. The molecule has 2 heterocycles. The summed E-state index contributed by atoms with van der Waals surface area (Å²) < 4.78 is 24.3. The molecule has 0 bridgehead atoms. The molecule has 0 saturated carbocycles. The predicted octanol–water partition coefficient (Wildman–Crippen LogP) is 2.24. The maximum Gasteiger partial charge on any atom is 0.234 e. The third kappa shape index (κ3) is 5.76. The summed E-state index contributed by atoms with van der Waals surface area (Å²) >= 11 is 0. The fraction of sp³-hybridized carbons (Fsp3) is 0.417. The summed E-state index contributed by atoms with van der Waals surface area (Å²) in [6.45, 7) is 2.78. The van der Waals surface area contributed by atoms with Crippen LogP contribution in [-0.4, -0.2) is 49.7 Å². The summed E-state index contributed by atoms with van der Waals surface area (Å²) in [4.78, 5) is 26.8. The van der Waals surface area contributed by atoms with Gasteiger partial charge in [-0.3, -0.25) is 14.5 Å². The normalized spacial score (nSPS) is 16.0. The molecular weight excluding hydrogens is 413 g/mol. The molecule has 0 unspecified atom stereocenters. The molecule has 0 atom stereocenters. The number of nitrogens with one attached hydrogen (secondary N) is 2. The molecule has 8 heteroatoms. The first kappa shape index (κ1) is 22.1. The molecule has 32 heavy (non-hydrogen) atoms. The molecule has 1 saturated heterocycles. The fourth-order valence-corrected chi connectivity index (χ4v) is 4.03. The second kappa shape index (κ2) is 10.5. The Morgan fingerprint density at radius 2 is 1.81 bits per heavy atom. The molecule has 0 spiro atoms. The van der Waals surface area contributed by atoms with E-state index in [1.807, 2.05) is 18.2 Å². The maximum absolute atomic E-state index is 13.7. The van der Waals surface area contributed by atoms with E-state index in [-0.39, 0.29) is 30.3 Å². The van der Waals surface area contributed by atoms with Crippen LogP contribution in [0.3, 0.4) is 0 Å². The standard InChI is InChI=1S/C24H28FN3O4/c25-20-4-2-1-3-18(20)7-10-26-24(30)19-8-11-28(12-9-19)15-23(29)27-14-17-5-6-21-22(13-17)32-16-31-21/h1-6,13,19H,7-12,14-16H2,(H,26,30)(H,27,29). The van der Waals surface area contributed by atoms with Crippen LogP contribution in [-0.2, 0) is 22.6 Å². The summed E-state index contributed by atoms with van der Waals surface area (Å²) in [5.74, 6) is 1.07. The lowest BCUT2D eigenvalue weighted by molar-refractivity contribution is -0.126. The predicted molar refractivity (Wildman–Crippen MR) is 117 cm³/mol. The van der Waals surface area contributed by atoms with Gasteiger partial charge in [0, 0.05) is 19.0 Å². The van der Waals surface area contributed by atoms with Crippen LogP contribution in [0.2, 0.25) is 0 Å². The van der Waals surface area contributed by atoms with E-state index < -0.39 is 0 Å². The zero-order chi connectivity index (χ0) is 22.3. The minimum Gasteiger partial charge on any atom is -0.454 e. The highest BCUT2D eigenvalue weighted by molar-refractivity contribution is 5.79. The molecule has 170 valence electrons. The van der Waals surface area contributed by atoms with E-state index in [0.717, 1.165) is 11.3 Å². The quantitative estimate of drug-likeness (QED) is 0.657. The molecule has 2 N–H and O–H groups in total. The maximum atomic E-state index is 13.7. The van der Waals surface area contributed by atoms with Crippen molar-refractivity contribution in [1.29, 1.82) is 0 Å². The third-order valence-electron chi connectivity index (χ3n) is 5.90. The zero-order valence-corrected chi connectivity index (χ0v) is 17.9. The van der Waals surface area contributed by atoms with Gasteiger partial charge in [0.1, 0.15) is 5.82 Å². The van der Waals surface area contributed by atoms with Crippen molar-refractivity contribution in [3.05, 3.63) is 59.4 Å². The molecule has 2 aliphatic rings. The Bertz CT molecular complexity index is 960. The number of hydrogen-bond donors (Lipinski definition) is 2. The number of nitrogens with zero attached hydrogens (tertiary/aromatic N) is 1. The lowest BCUT2D eigenvalue weighted by Crippen LogP contribution is -2.44. The number of piperidine rings is 1. The number of amides is 2. The van der Waals surface area contributed by atoms with Gasteiger partial charge in [-0.05, 0) is 61.7 Å². The van der Waals surface area contributed by atoms with Crippen LogP contribution >= 0.6 is 0 Å². The first-order valence-corrected chi connectivity index (χ1v) is 11.0. The van der Waals surface area contributed by atoms with E-state index >= 15 is 0 Å². The topological polar surface area (TPSA) is 79.9 Å². The minimum atomic E-state index is -0.244. The summed E-state index contributed by atoms with van der Waals surface area (Å²) in [6, 6.07) is 12.2. The van der Waals surface area contributed by atoms with Crippen LogP contribution in [0.1, 0.15) is 24.0 Å². The smallest absolute Gasteiger partial charge is 0.234 e. The highest BCUT2D eigenvalue weighted by Gasteiger charge is 2.25. The number of fused-ring (bicyclic) bond motifs is 1. The molecule has 1 fully saturated rings. The molecular formula is C24H28FN3O4. The van der Waals surface area contributed by atoms with Gasteiger partial charge in [-0.1, -0.05) is 24.3 Å². The first-order chi connectivity index (χ1) is 15.6. The number of likely N-dealkylation sites (tertiary alicyclic amines) is 1. The van der Waals surface area contributed by atoms with Gasteiger partial charge < -0.3 is 20.1 Å². The van der Waals surface area contributed by atoms with E-state index in [2.05, 4.69) is 15.5 Å². The van der Waals surface area contributed by atoms with Crippen molar-refractivity contribution in [3.63, 3.8) is 0 Å². The van der Waals surface area contributed by atoms with Crippen LogP contribution in [0.25, 0.3) is 0 Å². The van der Waals surface area contributed by atoms with Gasteiger partial charge in [-0.25, -0.2) is 4.39 Å². The molecule has 4 rings (SSSR count). The average molecular weight is 442 g/mol. The summed E-state index contributed by atoms with van der Waals surface area (Å²) in [5.41, 5.74) is 1.56. The second-order valence-electron chi connectivity index (χ2n) is 8.15. The van der Waals surface area contributed by atoms with Gasteiger partial charge in [-0.2, -0.15) is 0 Å². The molecule has 2 aromatic carbocycles. The summed E-state index contributed by atoms with van der Waals surface area (Å²) in [7, 11) is 0. The van der Waals surface area contributed by atoms with E-state index in [4.69, 9.17) is 9.47 Å². The SMILES string of the molecule is O=C(CN1CCC(C(=O)NCCc2ccccc2F)CC1)NCc1ccc2c(c1)OCO2. The van der Waals surface area contributed by atoms with Gasteiger partial charge in [0.2, 0.25) is 18.6 Å². The van der Waals surface area contributed by atoms with Crippen molar-refractivity contribution in [2.24, 2.45) is 5.92 Å². The van der Waals surface area contributed by atoms with E-state index in [1.54, 1.807) is 18.2 Å². The number of ether oxygens (including phenoxy) is 2. The van der Waals surface area contributed by atoms with E-state index in [0.29, 0.717) is 63.3 Å². The Balaban J connectivity index is 1.13. The Kier molecular flexibility index (Phi) is 7.21. The number of rotatable bonds is 8. The van der Waals surface area contributed by atoms with E-state index in [9.17, 15) is 14.0 Å². The van der Waals surface area contributed by atoms with Crippen LogP contribution in [0.15, 0.2) is 42.5 Å². The fourth-order valence-electron chi connectivity index (χ4n) is 4.03. The number of halogens is 1. The van der Waals surface area contributed by atoms with Crippen LogP contribution in [0.4, 0.5) is 4.39 Å². The third-order valence-corrected chi connectivity index (χ3v) is 5.90. The number of hydrogen-bond acceptors (Lipinski definition) is 5. The van der Waals surface area contributed by atoms with Crippen LogP contribution in [0.5, 0.6) is 11.5 Å². The number of carbonyl (C=O) groups is 2. The van der Waals surface area contributed by atoms with Crippen molar-refractivity contribution >= 4 is 11.8 Å². The number of benzene rings is 2. The Hall–Kier alpha value is -3.13. The number of carbonyl (C=O) groups excluding carboxylic acids is 2. The Morgan fingerprint density at radius 3 is 2.62 bits per heavy atom. The molecule has 0 aromatic heterocycles. The van der Waals surface area contributed by atoms with Gasteiger partial charge in [0.05, 0.1) is 6.54 Å². The molecule has 2 aliphatic heterocycles. The monoisotopic (exact) mass is 441 g/mol. The molecule has 0 aliphatic carbocycles. The zero-order valence-electron chi connectivity index (χ0n) is 17.9. The highest BCUT2D eigenvalue weighted by Crippen LogP contribution is 2.32. The lowest BCUT2D eigenvalue weighted by atomic mass is 9.96. The molecule has 2 aromatic rings. The summed E-state index contributed by atoms with van der Waals surface area (Å²) in [6.07, 6.45) is 1.89. The van der Waals surface area contributed by atoms with Crippen molar-refractivity contribution in [2.45, 2.75) is 25.8 Å². The minimum absolute atomic E-state index is 0.00764. The Labute approximate surface area is 186 Å². The largest absolute Gasteiger partial charge is 0.454 e. The lowest BCUT2D eigenvalue weighted by Gasteiger charge is -2.30. The highest BCUT2D eigenvalue weighted by atomic mass is 19.1. The van der Waals surface area contributed by atoms with Crippen molar-refractivity contribution in [3.8, 4) is 11.5 Å². The molecule has 7 nitrogen and oxygen atoms in total. The van der Waals surface area contributed by atoms with Gasteiger partial charge >= 0.3 is 0 Å². The van der Waals surface area contributed by atoms with Crippen molar-refractivity contribution in [1.82, 2.24) is 15.5 Å². The van der Waals surface area contributed by atoms with Crippen molar-refractivity contribution < 1.29 is 23.5 Å². The van der Waals surface area contributed by atoms with Crippen LogP contribution < -0.4 is 20.1 Å². The average Bonchev–Trinajstić information content (AvgIpc) is 3.27.